The van der Waals surface area contributed by atoms with Gasteiger partial charge in [0.25, 0.3) is 5.69 Å². The lowest BCUT2D eigenvalue weighted by atomic mass is 10.0. The molecule has 2 aliphatic rings. The standard InChI is InChI=1S/C19H17N6O3/c20-7-8-22-9-10-23-19(18(22)14-3-1-13(12-21)2-4-14)16-6-5-15(25(27)28)11-17(16)24(23)26/h1-6,11H,7-10,20H2/q+1. The zero-order valence-electron chi connectivity index (χ0n) is 14.9. The third-order valence-electron chi connectivity index (χ3n) is 4.94. The molecule has 2 aromatic carbocycles. The highest BCUT2D eigenvalue weighted by Crippen LogP contribution is 2.45. The van der Waals surface area contributed by atoms with E-state index in [1.807, 2.05) is 12.1 Å². The maximum atomic E-state index is 12.8. The van der Waals surface area contributed by atoms with Crippen molar-refractivity contribution in [2.45, 2.75) is 0 Å². The molecule has 140 valence electrons. The summed E-state index contributed by atoms with van der Waals surface area (Å²) in [4.78, 5) is 26.3. The van der Waals surface area contributed by atoms with Gasteiger partial charge in [-0.1, -0.05) is 17.1 Å². The molecule has 0 fully saturated rings. The van der Waals surface area contributed by atoms with Gasteiger partial charge in [0.1, 0.15) is 12.2 Å². The molecule has 28 heavy (non-hydrogen) atoms. The summed E-state index contributed by atoms with van der Waals surface area (Å²) in [7, 11) is 0. The molecule has 0 saturated heterocycles. The first-order valence-electron chi connectivity index (χ1n) is 8.78. The Morgan fingerprint density at radius 3 is 2.57 bits per heavy atom. The smallest absolute Gasteiger partial charge is 0.309 e. The zero-order chi connectivity index (χ0) is 19.8. The van der Waals surface area contributed by atoms with Gasteiger partial charge in [-0.25, -0.2) is 0 Å². The predicted molar refractivity (Wildman–Crippen MR) is 102 cm³/mol. The molecule has 0 radical (unpaired) electrons. The largest absolute Gasteiger partial charge is 0.366 e. The minimum Gasteiger partial charge on any atom is -0.366 e. The van der Waals surface area contributed by atoms with Crippen LogP contribution in [0.15, 0.2) is 42.5 Å². The number of nitro groups is 1. The highest BCUT2D eigenvalue weighted by atomic mass is 16.6. The minimum atomic E-state index is -0.512. The summed E-state index contributed by atoms with van der Waals surface area (Å²) in [5.74, 6) is 0. The van der Waals surface area contributed by atoms with E-state index in [-0.39, 0.29) is 11.4 Å². The van der Waals surface area contributed by atoms with E-state index in [4.69, 9.17) is 11.0 Å². The summed E-state index contributed by atoms with van der Waals surface area (Å²) in [5, 5.41) is 21.8. The molecule has 9 nitrogen and oxygen atoms in total. The van der Waals surface area contributed by atoms with Gasteiger partial charge < -0.3 is 10.6 Å². The number of non-ortho nitro benzene ring substituents is 1. The third-order valence-corrected chi connectivity index (χ3v) is 4.94. The molecule has 0 spiro atoms. The van der Waals surface area contributed by atoms with Gasteiger partial charge in [0.05, 0.1) is 38.8 Å². The van der Waals surface area contributed by atoms with Crippen LogP contribution in [0.4, 0.5) is 11.4 Å². The van der Waals surface area contributed by atoms with Crippen LogP contribution in [-0.2, 0) is 0 Å². The molecule has 2 N–H and O–H groups in total. The molecule has 0 amide bonds. The van der Waals surface area contributed by atoms with Crippen molar-refractivity contribution in [1.82, 2.24) is 9.91 Å². The molecule has 0 aliphatic carbocycles. The molecule has 4 rings (SSSR count). The molecular weight excluding hydrogens is 360 g/mol. The van der Waals surface area contributed by atoms with Gasteiger partial charge in [-0.15, -0.1) is 0 Å². The number of hydrogen-bond donors (Lipinski definition) is 1. The van der Waals surface area contributed by atoms with Crippen LogP contribution in [0.1, 0.15) is 16.7 Å². The first kappa shape index (κ1) is 17.6. The number of hydrogen-bond acceptors (Lipinski definition) is 6. The molecule has 2 aliphatic heterocycles. The lowest BCUT2D eigenvalue weighted by Crippen LogP contribution is -2.42. The Morgan fingerprint density at radius 2 is 1.93 bits per heavy atom. The SMILES string of the molecule is N#Cc1ccc(C2=C3c4ccc([N+](=O)[O-])cc4[N+](=O)N3CCN2CCN)cc1. The lowest BCUT2D eigenvalue weighted by molar-refractivity contribution is -0.612. The number of benzene rings is 2. The normalized spacial score (nSPS) is 15.4. The van der Waals surface area contributed by atoms with E-state index in [9.17, 15) is 15.0 Å². The number of rotatable bonds is 4. The number of nitrogens with zero attached hydrogens (tertiary/aromatic N) is 5. The molecule has 0 saturated carbocycles. The van der Waals surface area contributed by atoms with Gasteiger partial charge in [0.15, 0.2) is 4.87 Å². The molecule has 0 atom stereocenters. The Labute approximate surface area is 160 Å². The van der Waals surface area contributed by atoms with E-state index in [0.717, 1.165) is 16.1 Å². The zero-order valence-corrected chi connectivity index (χ0v) is 14.9. The van der Waals surface area contributed by atoms with Crippen LogP contribution < -0.4 is 5.73 Å². The Balaban J connectivity index is 1.94. The Hall–Kier alpha value is -3.77. The molecule has 0 bridgehead atoms. The highest BCUT2D eigenvalue weighted by Gasteiger charge is 2.47. The number of hydrazine groups is 1. The number of nitroso groups, excluding NO2 is 1. The van der Waals surface area contributed by atoms with E-state index < -0.39 is 4.92 Å². The van der Waals surface area contributed by atoms with Gasteiger partial charge >= 0.3 is 5.69 Å². The monoisotopic (exact) mass is 377 g/mol. The average molecular weight is 377 g/mol. The van der Waals surface area contributed by atoms with Gasteiger partial charge in [-0.05, 0) is 18.2 Å². The molecule has 0 aromatic heterocycles. The maximum absolute atomic E-state index is 12.8. The van der Waals surface area contributed by atoms with Crippen molar-refractivity contribution in [3.63, 3.8) is 0 Å². The molecule has 2 heterocycles. The summed E-state index contributed by atoms with van der Waals surface area (Å²) in [5.41, 5.74) is 9.48. The van der Waals surface area contributed by atoms with E-state index >= 15 is 0 Å². The van der Waals surface area contributed by atoms with Crippen LogP contribution in [0.25, 0.3) is 11.4 Å². The van der Waals surface area contributed by atoms with Crippen molar-refractivity contribution >= 4 is 22.8 Å². The fourth-order valence-corrected chi connectivity index (χ4v) is 3.68. The van der Waals surface area contributed by atoms with Crippen LogP contribution in [0, 0.1) is 26.4 Å². The van der Waals surface area contributed by atoms with E-state index in [1.165, 1.54) is 12.1 Å². The van der Waals surface area contributed by atoms with Crippen LogP contribution in [0.3, 0.4) is 0 Å². The fourth-order valence-electron chi connectivity index (χ4n) is 3.68. The maximum Gasteiger partial charge on any atom is 0.309 e. The quantitative estimate of drug-likeness (QED) is 0.493. The highest BCUT2D eigenvalue weighted by molar-refractivity contribution is 5.93. The predicted octanol–water partition coefficient (Wildman–Crippen LogP) is 2.21. The summed E-state index contributed by atoms with van der Waals surface area (Å²) < 4.78 is 0. The van der Waals surface area contributed by atoms with Crippen LogP contribution in [0.5, 0.6) is 0 Å². The van der Waals surface area contributed by atoms with Crippen LogP contribution in [-0.4, -0.2) is 45.9 Å². The second-order valence-corrected chi connectivity index (χ2v) is 6.52. The van der Waals surface area contributed by atoms with E-state index in [2.05, 4.69) is 11.0 Å². The molecule has 2 aromatic rings. The third kappa shape index (κ3) is 2.67. The van der Waals surface area contributed by atoms with Crippen molar-refractivity contribution < 1.29 is 9.79 Å². The van der Waals surface area contributed by atoms with Crippen LogP contribution in [0.2, 0.25) is 0 Å². The van der Waals surface area contributed by atoms with Crippen molar-refractivity contribution in [2.24, 2.45) is 5.73 Å². The Bertz CT molecular complexity index is 1050. The first-order valence-corrected chi connectivity index (χ1v) is 8.78. The molecular formula is C19H17N6O3+. The molecule has 9 heteroatoms. The van der Waals surface area contributed by atoms with Crippen molar-refractivity contribution in [3.8, 4) is 6.07 Å². The second kappa shape index (κ2) is 6.75. The number of nitro benzene ring substituents is 1. The Morgan fingerprint density at radius 1 is 1.18 bits per heavy atom. The van der Waals surface area contributed by atoms with Gasteiger partial charge in [0, 0.05) is 31.3 Å². The Kier molecular flexibility index (Phi) is 4.25. The minimum absolute atomic E-state index is 0.126. The van der Waals surface area contributed by atoms with Gasteiger partial charge in [0.2, 0.25) is 0 Å². The van der Waals surface area contributed by atoms with E-state index in [1.54, 1.807) is 23.2 Å². The van der Waals surface area contributed by atoms with Gasteiger partial charge in [-0.3, -0.25) is 10.1 Å². The number of nitriles is 1. The number of nitrogens with two attached hydrogens (primary N) is 1. The van der Waals surface area contributed by atoms with Crippen molar-refractivity contribution in [1.29, 1.82) is 5.26 Å². The number of fused-ring (bicyclic) bond motifs is 3. The fraction of sp³-hybridized carbons (Fsp3) is 0.211. The van der Waals surface area contributed by atoms with Crippen molar-refractivity contribution in [3.05, 3.63) is 74.2 Å². The van der Waals surface area contributed by atoms with Gasteiger partial charge in [-0.2, -0.15) is 5.26 Å². The summed E-state index contributed by atoms with van der Waals surface area (Å²) >= 11 is 0. The average Bonchev–Trinajstić information content (AvgIpc) is 3.00. The van der Waals surface area contributed by atoms with E-state index in [0.29, 0.717) is 43.0 Å². The van der Waals surface area contributed by atoms with Crippen LogP contribution >= 0.6 is 0 Å². The topological polar surface area (TPSA) is 120 Å². The first-order chi connectivity index (χ1) is 13.5. The lowest BCUT2D eigenvalue weighted by Gasteiger charge is -2.33. The summed E-state index contributed by atoms with van der Waals surface area (Å²) in [6.07, 6.45) is 0. The molecule has 0 unspecified atom stereocenters. The summed E-state index contributed by atoms with van der Waals surface area (Å²) in [6.45, 7) is 2.08. The van der Waals surface area contributed by atoms with Crippen molar-refractivity contribution in [2.75, 3.05) is 26.2 Å². The summed E-state index contributed by atoms with van der Waals surface area (Å²) in [6, 6.07) is 13.5. The second-order valence-electron chi connectivity index (χ2n) is 6.52.